The highest BCUT2D eigenvalue weighted by Crippen LogP contribution is 2.11. The van der Waals surface area contributed by atoms with Crippen LogP contribution in [0.3, 0.4) is 0 Å². The summed E-state index contributed by atoms with van der Waals surface area (Å²) < 4.78 is 0. The summed E-state index contributed by atoms with van der Waals surface area (Å²) >= 11 is 0. The summed E-state index contributed by atoms with van der Waals surface area (Å²) in [7, 11) is 0. The Balaban J connectivity index is 3.97. The number of hydrogen-bond acceptors (Lipinski definition) is 4. The van der Waals surface area contributed by atoms with Crippen molar-refractivity contribution < 1.29 is 20.1 Å². The van der Waals surface area contributed by atoms with Gasteiger partial charge in [-0.1, -0.05) is 134 Å². The topological polar surface area (TPSA) is 89.8 Å². The van der Waals surface area contributed by atoms with Gasteiger partial charge >= 0.3 is 0 Å². The van der Waals surface area contributed by atoms with Crippen LogP contribution in [0.15, 0.2) is 36.5 Å². The fourth-order valence-electron chi connectivity index (χ4n) is 4.22. The monoisotopic (exact) mass is 521 g/mol. The lowest BCUT2D eigenvalue weighted by molar-refractivity contribution is -0.131. The number of rotatable bonds is 26. The van der Waals surface area contributed by atoms with E-state index in [0.717, 1.165) is 25.7 Å². The standard InChI is InChI=1S/C32H59NO4/c1-3-5-7-9-11-13-15-17-19-21-23-25-27-31(36)32(37)33-29(28-34)30(35)26-24-22-20-18-16-14-12-10-8-6-4-2/h17,19,23-26,29-31,34-36H,3-16,18,20-22,27-28H2,1-2H3,(H,33,37)/b19-17-,25-23-,26-24+. The minimum Gasteiger partial charge on any atom is -0.394 e. The zero-order chi connectivity index (χ0) is 27.4. The van der Waals surface area contributed by atoms with E-state index >= 15 is 0 Å². The normalized spacial score (nSPS) is 14.6. The third-order valence-electron chi connectivity index (χ3n) is 6.74. The Morgan fingerprint density at radius 3 is 1.70 bits per heavy atom. The summed E-state index contributed by atoms with van der Waals surface area (Å²) in [6, 6.07) is -0.824. The first kappa shape index (κ1) is 35.6. The van der Waals surface area contributed by atoms with Gasteiger partial charge in [0.1, 0.15) is 6.10 Å². The highest BCUT2D eigenvalue weighted by Gasteiger charge is 2.22. The molecule has 0 fully saturated rings. The maximum Gasteiger partial charge on any atom is 0.249 e. The first-order valence-corrected chi connectivity index (χ1v) is 15.3. The van der Waals surface area contributed by atoms with Gasteiger partial charge in [0.05, 0.1) is 18.8 Å². The average molecular weight is 522 g/mol. The molecule has 0 saturated heterocycles. The lowest BCUT2D eigenvalue weighted by atomic mass is 10.1. The van der Waals surface area contributed by atoms with Gasteiger partial charge < -0.3 is 20.6 Å². The number of aliphatic hydroxyl groups is 3. The van der Waals surface area contributed by atoms with Crippen molar-refractivity contribution >= 4 is 5.91 Å². The van der Waals surface area contributed by atoms with E-state index in [1.54, 1.807) is 12.2 Å². The first-order chi connectivity index (χ1) is 18.1. The Kier molecular flexibility index (Phi) is 26.5. The maximum atomic E-state index is 12.3. The lowest BCUT2D eigenvalue weighted by Gasteiger charge is -2.21. The molecule has 0 aromatic heterocycles. The molecule has 0 spiro atoms. The van der Waals surface area contributed by atoms with Crippen molar-refractivity contribution in [3.63, 3.8) is 0 Å². The molecule has 5 heteroatoms. The molecule has 5 nitrogen and oxygen atoms in total. The lowest BCUT2D eigenvalue weighted by Crippen LogP contribution is -2.48. The van der Waals surface area contributed by atoms with Crippen LogP contribution in [0.5, 0.6) is 0 Å². The van der Waals surface area contributed by atoms with Crippen molar-refractivity contribution in [3.05, 3.63) is 36.5 Å². The van der Waals surface area contributed by atoms with Crippen molar-refractivity contribution in [2.24, 2.45) is 0 Å². The Bertz CT molecular complexity index is 587. The minimum absolute atomic E-state index is 0.208. The van der Waals surface area contributed by atoms with Crippen molar-refractivity contribution in [1.29, 1.82) is 0 Å². The molecular formula is C32H59NO4. The van der Waals surface area contributed by atoms with Crippen LogP contribution in [0, 0.1) is 0 Å². The van der Waals surface area contributed by atoms with E-state index < -0.39 is 24.2 Å². The van der Waals surface area contributed by atoms with Gasteiger partial charge in [0, 0.05) is 6.42 Å². The Morgan fingerprint density at radius 1 is 0.676 bits per heavy atom. The SMILES string of the molecule is CCCCCCCC/C=C\C/C=C\CC(O)C(=O)NC(CO)C(O)/C=C/CCCCCCCCCCC. The number of hydrogen-bond donors (Lipinski definition) is 4. The van der Waals surface area contributed by atoms with Crippen LogP contribution < -0.4 is 5.32 Å². The average Bonchev–Trinajstić information content (AvgIpc) is 2.90. The van der Waals surface area contributed by atoms with Crippen molar-refractivity contribution in [2.45, 2.75) is 154 Å². The zero-order valence-corrected chi connectivity index (χ0v) is 24.1. The molecule has 0 saturated carbocycles. The van der Waals surface area contributed by atoms with Crippen LogP contribution in [0.4, 0.5) is 0 Å². The van der Waals surface area contributed by atoms with Gasteiger partial charge in [-0.3, -0.25) is 4.79 Å². The second kappa shape index (κ2) is 27.6. The Morgan fingerprint density at radius 2 is 1.16 bits per heavy atom. The van der Waals surface area contributed by atoms with Crippen LogP contribution in [0.25, 0.3) is 0 Å². The molecule has 0 bridgehead atoms. The van der Waals surface area contributed by atoms with Gasteiger partial charge in [-0.25, -0.2) is 0 Å². The first-order valence-electron chi connectivity index (χ1n) is 15.3. The molecule has 1 amide bonds. The second-order valence-electron chi connectivity index (χ2n) is 10.3. The maximum absolute atomic E-state index is 12.3. The third kappa shape index (κ3) is 23.4. The van der Waals surface area contributed by atoms with E-state index in [2.05, 4.69) is 31.3 Å². The molecule has 3 atom stereocenters. The van der Waals surface area contributed by atoms with E-state index in [9.17, 15) is 20.1 Å². The van der Waals surface area contributed by atoms with Crippen LogP contribution in [0.2, 0.25) is 0 Å². The number of nitrogens with one attached hydrogen (secondary N) is 1. The minimum atomic E-state index is -1.20. The van der Waals surface area contributed by atoms with Gasteiger partial charge in [0.15, 0.2) is 0 Å². The Labute approximate surface area is 228 Å². The molecule has 0 rings (SSSR count). The molecule has 0 aliphatic heterocycles. The van der Waals surface area contributed by atoms with Crippen molar-refractivity contribution in [3.8, 4) is 0 Å². The van der Waals surface area contributed by atoms with E-state index in [4.69, 9.17) is 0 Å². The molecule has 216 valence electrons. The van der Waals surface area contributed by atoms with Gasteiger partial charge in [0.25, 0.3) is 0 Å². The fourth-order valence-corrected chi connectivity index (χ4v) is 4.22. The summed E-state index contributed by atoms with van der Waals surface area (Å²) in [5.41, 5.74) is 0. The van der Waals surface area contributed by atoms with Gasteiger partial charge in [0.2, 0.25) is 5.91 Å². The van der Waals surface area contributed by atoms with Gasteiger partial charge in [-0.2, -0.15) is 0 Å². The summed E-state index contributed by atoms with van der Waals surface area (Å²) in [6.07, 6.45) is 31.7. The van der Waals surface area contributed by atoms with E-state index in [1.807, 2.05) is 12.2 Å². The second-order valence-corrected chi connectivity index (χ2v) is 10.3. The van der Waals surface area contributed by atoms with Crippen LogP contribution >= 0.6 is 0 Å². The van der Waals surface area contributed by atoms with E-state index in [-0.39, 0.29) is 13.0 Å². The number of aliphatic hydroxyl groups excluding tert-OH is 3. The van der Waals surface area contributed by atoms with Crippen LogP contribution in [-0.2, 0) is 4.79 Å². The molecular weight excluding hydrogens is 462 g/mol. The largest absolute Gasteiger partial charge is 0.394 e. The molecule has 37 heavy (non-hydrogen) atoms. The zero-order valence-electron chi connectivity index (χ0n) is 24.1. The number of allylic oxidation sites excluding steroid dienone is 4. The summed E-state index contributed by atoms with van der Waals surface area (Å²) in [4.78, 5) is 12.3. The molecule has 0 heterocycles. The number of unbranched alkanes of at least 4 members (excludes halogenated alkanes) is 15. The van der Waals surface area contributed by atoms with Crippen LogP contribution in [-0.4, -0.2) is 46.1 Å². The fraction of sp³-hybridized carbons (Fsp3) is 0.781. The Hall–Kier alpha value is -1.43. The smallest absolute Gasteiger partial charge is 0.249 e. The molecule has 0 aliphatic rings. The predicted octanol–water partition coefficient (Wildman–Crippen LogP) is 7.31. The molecule has 0 radical (unpaired) electrons. The van der Waals surface area contributed by atoms with Crippen LogP contribution in [0.1, 0.15) is 136 Å². The van der Waals surface area contributed by atoms with E-state index in [1.165, 1.54) is 89.9 Å². The van der Waals surface area contributed by atoms with Gasteiger partial charge in [-0.15, -0.1) is 0 Å². The van der Waals surface area contributed by atoms with E-state index in [0.29, 0.717) is 0 Å². The number of amides is 1. The molecule has 4 N–H and O–H groups in total. The summed E-state index contributed by atoms with van der Waals surface area (Å²) in [5.74, 6) is -0.575. The highest BCUT2D eigenvalue weighted by atomic mass is 16.3. The third-order valence-corrected chi connectivity index (χ3v) is 6.74. The number of carbonyl (C=O) groups excluding carboxylic acids is 1. The van der Waals surface area contributed by atoms with Crippen molar-refractivity contribution in [1.82, 2.24) is 5.32 Å². The molecule has 0 aliphatic carbocycles. The number of carbonyl (C=O) groups is 1. The molecule has 0 aromatic carbocycles. The summed E-state index contributed by atoms with van der Waals surface area (Å²) in [5, 5.41) is 32.6. The predicted molar refractivity (Wildman–Crippen MR) is 158 cm³/mol. The quantitative estimate of drug-likeness (QED) is 0.0710. The summed E-state index contributed by atoms with van der Waals surface area (Å²) in [6.45, 7) is 4.08. The molecule has 0 aromatic rings. The molecule has 3 unspecified atom stereocenters. The highest BCUT2D eigenvalue weighted by molar-refractivity contribution is 5.81. The van der Waals surface area contributed by atoms with Crippen molar-refractivity contribution in [2.75, 3.05) is 6.61 Å². The van der Waals surface area contributed by atoms with Gasteiger partial charge in [-0.05, 0) is 32.1 Å².